The van der Waals surface area contributed by atoms with Gasteiger partial charge in [-0.2, -0.15) is 0 Å². The number of ether oxygens (including phenoxy) is 5. The summed E-state index contributed by atoms with van der Waals surface area (Å²) in [6.45, 7) is 1.59. The number of β-lactam (4-membered cyclic amide) rings is 1. The quantitative estimate of drug-likeness (QED) is 0.0272. The fourth-order valence-electron chi connectivity index (χ4n) is 13.4. The van der Waals surface area contributed by atoms with Crippen molar-refractivity contribution in [2.45, 2.75) is 100.0 Å². The Hall–Kier alpha value is -10.9. The van der Waals surface area contributed by atoms with Crippen LogP contribution in [-0.4, -0.2) is 73.0 Å². The molecule has 14 heteroatoms. The smallest absolute Gasteiger partial charge is 0.303 e. The van der Waals surface area contributed by atoms with Crippen molar-refractivity contribution in [1.29, 1.82) is 0 Å². The predicted molar refractivity (Wildman–Crippen MR) is 375 cm³/mol. The molecular formula is C85H73FN4O9. The van der Waals surface area contributed by atoms with E-state index in [-0.39, 0.29) is 38.8 Å². The second kappa shape index (κ2) is 31.1. The number of aromatic nitrogens is 3. The molecule has 0 radical (unpaired) electrons. The first-order chi connectivity index (χ1) is 48.5. The highest BCUT2D eigenvalue weighted by Gasteiger charge is 2.61. The molecule has 1 aliphatic carbocycles. The van der Waals surface area contributed by atoms with Gasteiger partial charge in [-0.15, -0.1) is 5.10 Å². The van der Waals surface area contributed by atoms with E-state index in [1.807, 2.05) is 229 Å². The van der Waals surface area contributed by atoms with Crippen LogP contribution in [-0.2, 0) is 65.2 Å². The van der Waals surface area contributed by atoms with Crippen molar-refractivity contribution in [2.75, 3.05) is 4.90 Å². The lowest BCUT2D eigenvalue weighted by molar-refractivity contribution is -0.292. The van der Waals surface area contributed by atoms with Crippen LogP contribution >= 0.6 is 0 Å². The third kappa shape index (κ3) is 15.1. The molecule has 2 N–H and O–H groups in total. The number of esters is 1. The van der Waals surface area contributed by atoms with E-state index in [0.717, 1.165) is 44.5 Å². The number of amides is 1. The van der Waals surface area contributed by atoms with Crippen LogP contribution in [0.15, 0.2) is 291 Å². The molecule has 1 amide bonds. The highest BCUT2D eigenvalue weighted by molar-refractivity contribution is 6.03. The molecule has 2 aliphatic rings. The van der Waals surface area contributed by atoms with E-state index in [9.17, 15) is 24.2 Å². The summed E-state index contributed by atoms with van der Waals surface area (Å²) in [5, 5.41) is 31.5. The number of carbonyl (C=O) groups excluding carboxylic acids is 2. The van der Waals surface area contributed by atoms with E-state index in [1.165, 1.54) is 19.1 Å². The van der Waals surface area contributed by atoms with E-state index in [2.05, 4.69) is 60.1 Å². The first-order valence-corrected chi connectivity index (χ1v) is 33.1. The molecule has 9 atom stereocenters. The van der Waals surface area contributed by atoms with Crippen molar-refractivity contribution < 1.29 is 47.9 Å². The van der Waals surface area contributed by atoms with Gasteiger partial charge >= 0.3 is 5.97 Å². The fourth-order valence-corrected chi connectivity index (χ4v) is 13.4. The van der Waals surface area contributed by atoms with E-state index in [1.54, 1.807) is 23.4 Å². The molecule has 13 nitrogen and oxygen atoms in total. The van der Waals surface area contributed by atoms with Crippen LogP contribution in [0.5, 0.6) is 0 Å². The molecule has 1 saturated heterocycles. The Morgan fingerprint density at radius 3 is 1.48 bits per heavy atom. The van der Waals surface area contributed by atoms with E-state index in [0.29, 0.717) is 34.6 Å². The van der Waals surface area contributed by atoms with Gasteiger partial charge in [0.15, 0.2) is 5.60 Å². The number of nitrogens with zero attached hydrogens (tertiary/aromatic N) is 4. The number of benzene rings is 10. The summed E-state index contributed by atoms with van der Waals surface area (Å²) in [6, 6.07) is 89.2. The first kappa shape index (κ1) is 66.7. The Kier molecular flexibility index (Phi) is 20.9. The summed E-state index contributed by atoms with van der Waals surface area (Å²) in [7, 11) is 0. The van der Waals surface area contributed by atoms with Gasteiger partial charge in [0.2, 0.25) is 11.7 Å². The van der Waals surface area contributed by atoms with Gasteiger partial charge in [-0.1, -0.05) is 254 Å². The average Bonchev–Trinajstić information content (AvgIpc) is 1.56. The molecule has 1 aliphatic heterocycles. The summed E-state index contributed by atoms with van der Waals surface area (Å²) >= 11 is 0. The first-order valence-electron chi connectivity index (χ1n) is 33.1. The number of hydrogen-bond acceptors (Lipinski definition) is 11. The van der Waals surface area contributed by atoms with Crippen LogP contribution in [0.1, 0.15) is 98.9 Å². The van der Waals surface area contributed by atoms with Gasteiger partial charge in [-0.05, 0) is 117 Å². The Balaban J connectivity index is 0.829. The van der Waals surface area contributed by atoms with Gasteiger partial charge in [0.25, 0.3) is 0 Å². The summed E-state index contributed by atoms with van der Waals surface area (Å²) in [5.74, 6) is 11.6. The Morgan fingerprint density at radius 1 is 0.545 bits per heavy atom. The maximum absolute atomic E-state index is 14.8. The molecule has 494 valence electrons. The topological polar surface area (TPSA) is 155 Å². The third-order valence-electron chi connectivity index (χ3n) is 18.3. The van der Waals surface area contributed by atoms with Crippen LogP contribution in [0.25, 0.3) is 0 Å². The summed E-state index contributed by atoms with van der Waals surface area (Å²) in [6.07, 6.45) is -4.77. The number of rotatable bonds is 23. The summed E-state index contributed by atoms with van der Waals surface area (Å²) in [4.78, 5) is 33.8. The minimum absolute atomic E-state index is 0.0119. The average molecular weight is 1310 g/mol. The molecule has 2 fully saturated rings. The van der Waals surface area contributed by atoms with Crippen LogP contribution in [0.3, 0.4) is 0 Å². The van der Waals surface area contributed by atoms with E-state index >= 15 is 0 Å². The zero-order chi connectivity index (χ0) is 68.0. The van der Waals surface area contributed by atoms with Crippen molar-refractivity contribution in [1.82, 2.24) is 14.8 Å². The molecule has 1 unspecified atom stereocenters. The van der Waals surface area contributed by atoms with Crippen LogP contribution < -0.4 is 4.90 Å². The minimum atomic E-state index is -2.24. The highest BCUT2D eigenvalue weighted by atomic mass is 19.1. The van der Waals surface area contributed by atoms with Gasteiger partial charge in [0.05, 0.1) is 38.4 Å². The molecule has 1 aromatic heterocycles. The van der Waals surface area contributed by atoms with Crippen molar-refractivity contribution in [3.63, 3.8) is 0 Å². The lowest BCUT2D eigenvalue weighted by Crippen LogP contribution is -2.72. The summed E-state index contributed by atoms with van der Waals surface area (Å²) in [5.41, 5.74) is 6.42. The summed E-state index contributed by atoms with van der Waals surface area (Å²) < 4.78 is 49.0. The largest absolute Gasteiger partial charge is 0.458 e. The number of anilines is 1. The zero-order valence-corrected chi connectivity index (χ0v) is 54.5. The standard InChI is InChI=1S/C85H73FN4O9/c1-60(91)99-75(67-44-46-72(86)47-45-67)51-50-74-77(90(83(74)93)73-48-39-61(40-49-73)41-52-76-87-59-89(88-76)85(69-31-17-6-18-32-69,70-33-19-7-20-34-70)71-35-21-8-22-36-71)68-42-37-62(38-43-68)53-54-84(94)81(97-57-65-27-13-4-14-28-65)78(92)79(95-55-63-23-9-2-10-24-63)80(96-56-64-25-11-3-12-26-64)82(84)98-58-66-29-15-5-16-30-66/h2-40,42-49,59,74-75,77-82,92,94H,50-51,55-58H2,1H3/t74-,75+,77-,78-,79-,80+,81+,82-,84?/m1/s1. The predicted octanol–water partition coefficient (Wildman–Crippen LogP) is 14.2. The molecule has 2 heterocycles. The van der Waals surface area contributed by atoms with E-state index < -0.39 is 71.5 Å². The van der Waals surface area contributed by atoms with Crippen molar-refractivity contribution in [3.8, 4) is 23.7 Å². The maximum atomic E-state index is 14.8. The second-order valence-electron chi connectivity index (χ2n) is 24.7. The van der Waals surface area contributed by atoms with Gasteiger partial charge in [-0.3, -0.25) is 9.59 Å². The van der Waals surface area contributed by atoms with Crippen LogP contribution in [0.2, 0.25) is 0 Å². The number of aliphatic hydroxyl groups excluding tert-OH is 1. The molecule has 11 aromatic rings. The highest BCUT2D eigenvalue weighted by Crippen LogP contribution is 2.48. The monoisotopic (exact) mass is 1310 g/mol. The Labute approximate surface area is 576 Å². The molecule has 99 heavy (non-hydrogen) atoms. The fraction of sp³-hybridized carbons (Fsp3) is 0.200. The van der Waals surface area contributed by atoms with Crippen molar-refractivity contribution in [2.24, 2.45) is 5.92 Å². The number of carbonyl (C=O) groups is 2. The molecule has 0 spiro atoms. The van der Waals surface area contributed by atoms with E-state index in [4.69, 9.17) is 33.8 Å². The zero-order valence-electron chi connectivity index (χ0n) is 54.5. The van der Waals surface area contributed by atoms with Gasteiger partial charge in [0.1, 0.15) is 54.3 Å². The van der Waals surface area contributed by atoms with Crippen molar-refractivity contribution >= 4 is 17.6 Å². The van der Waals surface area contributed by atoms with Crippen molar-refractivity contribution in [3.05, 3.63) is 364 Å². The lowest BCUT2D eigenvalue weighted by atomic mass is 9.74. The number of halogens is 1. The lowest BCUT2D eigenvalue weighted by Gasteiger charge is -2.51. The van der Waals surface area contributed by atoms with Gasteiger partial charge in [0, 0.05) is 23.7 Å². The van der Waals surface area contributed by atoms with Gasteiger partial charge in [-0.25, -0.2) is 14.1 Å². The van der Waals surface area contributed by atoms with Gasteiger partial charge < -0.3 is 38.8 Å². The second-order valence-corrected chi connectivity index (χ2v) is 24.7. The SMILES string of the molecule is CC(=O)O[C@@H](CC[C@H]1C(=O)N(c2ccc(C#Cc3ncn(C(c4ccccc4)(c4ccccc4)c4ccccc4)n3)cc2)[C@@H]1c1ccc(C#CC2(O)[C@H](OCc3ccccc3)[C@@H](OCc3ccccc3)[C@H](OCc3ccccc3)[C@@H](O)[C@@H]2OCc2ccccc2)cc1)c1ccc(F)cc1. The molecule has 10 aromatic carbocycles. The van der Waals surface area contributed by atoms with Crippen LogP contribution in [0.4, 0.5) is 10.1 Å². The molecule has 1 saturated carbocycles. The Morgan fingerprint density at radius 2 is 0.990 bits per heavy atom. The third-order valence-corrected chi connectivity index (χ3v) is 18.3. The Bertz CT molecular complexity index is 4480. The molecule has 0 bridgehead atoms. The maximum Gasteiger partial charge on any atom is 0.303 e. The number of hydrogen-bond donors (Lipinski definition) is 2. The van der Waals surface area contributed by atoms with Crippen LogP contribution in [0, 0.1) is 35.4 Å². The number of aliphatic hydroxyl groups is 2. The molecular weight excluding hydrogens is 1240 g/mol. The normalized spacial score (nSPS) is 19.9. The minimum Gasteiger partial charge on any atom is -0.458 e. The molecule has 13 rings (SSSR count).